The van der Waals surface area contributed by atoms with Gasteiger partial charge in [0.05, 0.1) is 13.1 Å². The lowest BCUT2D eigenvalue weighted by atomic mass is 9.83. The molecule has 2 saturated carbocycles. The van der Waals surface area contributed by atoms with Gasteiger partial charge < -0.3 is 10.4 Å². The number of carbonyl (C=O) groups is 2. The first-order valence-electron chi connectivity index (χ1n) is 12.8. The zero-order chi connectivity index (χ0) is 22.1. The number of carboxylic acid groups (broad SMARTS) is 1. The normalized spacial score (nSPS) is 30.8. The summed E-state index contributed by atoms with van der Waals surface area (Å²) in [4.78, 5) is 27.1. The number of urea groups is 1. The molecule has 1 saturated heterocycles. The molecule has 1 aromatic rings. The number of hydrogen-bond donors (Lipinski definition) is 2. The fourth-order valence-corrected chi connectivity index (χ4v) is 6.31. The van der Waals surface area contributed by atoms with Gasteiger partial charge in [0.1, 0.15) is 12.2 Å². The monoisotopic (exact) mass is 440 g/mol. The molecule has 4 aliphatic rings. The molecule has 2 aliphatic heterocycles. The lowest BCUT2D eigenvalue weighted by molar-refractivity contribution is -0.137. The third-order valence-electron chi connectivity index (χ3n) is 8.45. The minimum absolute atomic E-state index is 0.271. The Kier molecular flexibility index (Phi) is 6.26. The first kappa shape index (κ1) is 21.9. The van der Waals surface area contributed by atoms with Crippen molar-refractivity contribution in [2.75, 3.05) is 32.7 Å². The van der Waals surface area contributed by atoms with E-state index in [4.69, 9.17) is 5.11 Å². The van der Waals surface area contributed by atoms with Gasteiger partial charge in [0.25, 0.3) is 0 Å². The molecule has 0 radical (unpaired) electrons. The van der Waals surface area contributed by atoms with Crippen LogP contribution in [0.5, 0.6) is 0 Å². The summed E-state index contributed by atoms with van der Waals surface area (Å²) in [6, 6.07) is 7.53. The average Bonchev–Trinajstić information content (AvgIpc) is 3.59. The fourth-order valence-electron chi connectivity index (χ4n) is 6.31. The summed E-state index contributed by atoms with van der Waals surface area (Å²) in [6.07, 6.45) is 9.84. The van der Waals surface area contributed by atoms with Crippen LogP contribution < -0.4 is 9.80 Å². The summed E-state index contributed by atoms with van der Waals surface area (Å²) in [5.74, 6) is 0.496. The number of rotatable bonds is 7. The van der Waals surface area contributed by atoms with Gasteiger partial charge in [-0.15, -0.1) is 0 Å². The number of hydrogen-bond acceptors (Lipinski definition) is 3. The van der Waals surface area contributed by atoms with E-state index in [2.05, 4.69) is 28.4 Å². The summed E-state index contributed by atoms with van der Waals surface area (Å²) in [5.41, 5.74) is 4.07. The van der Waals surface area contributed by atoms with Crippen LogP contribution in [0.2, 0.25) is 0 Å². The number of benzene rings is 1. The Morgan fingerprint density at radius 1 is 1.03 bits per heavy atom. The summed E-state index contributed by atoms with van der Waals surface area (Å²) in [5, 5.41) is 12.5. The molecule has 1 unspecified atom stereocenters. The highest BCUT2D eigenvalue weighted by atomic mass is 16.4. The second-order valence-electron chi connectivity index (χ2n) is 10.6. The lowest BCUT2D eigenvalue weighted by Crippen LogP contribution is -2.55. The quantitative estimate of drug-likeness (QED) is 0.630. The molecular weight excluding hydrogens is 402 g/mol. The van der Waals surface area contributed by atoms with E-state index in [9.17, 15) is 9.59 Å². The van der Waals surface area contributed by atoms with Gasteiger partial charge in [-0.2, -0.15) is 0 Å². The van der Waals surface area contributed by atoms with Crippen LogP contribution in [0.1, 0.15) is 62.5 Å². The third kappa shape index (κ3) is 4.44. The van der Waals surface area contributed by atoms with Crippen molar-refractivity contribution in [2.45, 2.75) is 70.3 Å². The highest BCUT2D eigenvalue weighted by Gasteiger charge is 2.53. The van der Waals surface area contributed by atoms with Crippen molar-refractivity contribution in [1.82, 2.24) is 14.7 Å². The van der Waals surface area contributed by atoms with Gasteiger partial charge >= 0.3 is 12.0 Å². The van der Waals surface area contributed by atoms with E-state index in [-0.39, 0.29) is 6.42 Å². The van der Waals surface area contributed by atoms with Crippen molar-refractivity contribution in [1.29, 1.82) is 0 Å². The number of carboxylic acids is 1. The first-order valence-corrected chi connectivity index (χ1v) is 12.8. The van der Waals surface area contributed by atoms with E-state index in [0.717, 1.165) is 77.7 Å². The average molecular weight is 441 g/mol. The van der Waals surface area contributed by atoms with Crippen LogP contribution in [0.15, 0.2) is 18.2 Å². The molecule has 2 heterocycles. The third-order valence-corrected chi connectivity index (χ3v) is 8.45. The minimum atomic E-state index is -0.694. The molecular formula is C26H38N3O3+. The number of nitrogens with one attached hydrogen (secondary N) is 1. The van der Waals surface area contributed by atoms with Crippen LogP contribution in [0.3, 0.4) is 0 Å². The van der Waals surface area contributed by atoms with Crippen LogP contribution in [0, 0.1) is 11.8 Å². The standard InChI is InChI=1S/C26H37N3O3/c30-25(31)10-5-19-3-7-23(8-4-19)28-15-16-29(26(28)32,18-20-1-2-20)24-9-6-21-11-13-27-14-12-22(21)17-24/h6,9,17,19-20,23,27H,1-5,7-8,10-16,18H2/p+1. The molecule has 174 valence electrons. The predicted octanol–water partition coefficient (Wildman–Crippen LogP) is 3.95. The van der Waals surface area contributed by atoms with Crippen LogP contribution in [-0.2, 0) is 17.6 Å². The molecule has 2 amide bonds. The zero-order valence-electron chi connectivity index (χ0n) is 19.2. The van der Waals surface area contributed by atoms with Crippen molar-refractivity contribution >= 4 is 17.7 Å². The molecule has 5 rings (SSSR count). The summed E-state index contributed by atoms with van der Waals surface area (Å²) >= 11 is 0. The number of amides is 2. The molecule has 1 aromatic carbocycles. The van der Waals surface area contributed by atoms with Crippen molar-refractivity contribution in [3.05, 3.63) is 29.3 Å². The van der Waals surface area contributed by atoms with Gasteiger partial charge in [-0.25, -0.2) is 9.28 Å². The summed E-state index contributed by atoms with van der Waals surface area (Å²) < 4.78 is 0.518. The Labute approximate surface area is 191 Å². The Morgan fingerprint density at radius 2 is 1.75 bits per heavy atom. The largest absolute Gasteiger partial charge is 0.481 e. The Balaban J connectivity index is 1.33. The maximum atomic E-state index is 14.0. The van der Waals surface area contributed by atoms with E-state index >= 15 is 0 Å². The molecule has 0 spiro atoms. The van der Waals surface area contributed by atoms with Gasteiger partial charge in [-0.3, -0.25) is 9.69 Å². The second-order valence-corrected chi connectivity index (χ2v) is 10.6. The molecule has 2 aliphatic carbocycles. The highest BCUT2D eigenvalue weighted by molar-refractivity contribution is 5.89. The van der Waals surface area contributed by atoms with E-state index in [0.29, 0.717) is 28.4 Å². The molecule has 3 fully saturated rings. The number of fused-ring (bicyclic) bond motifs is 1. The van der Waals surface area contributed by atoms with Crippen molar-refractivity contribution in [2.24, 2.45) is 11.8 Å². The smallest absolute Gasteiger partial charge is 0.424 e. The van der Waals surface area contributed by atoms with Gasteiger partial charge in [-0.1, -0.05) is 6.07 Å². The van der Waals surface area contributed by atoms with Crippen LogP contribution in [0.4, 0.5) is 10.5 Å². The molecule has 0 aromatic heterocycles. The van der Waals surface area contributed by atoms with Crippen LogP contribution in [-0.4, -0.2) is 60.8 Å². The van der Waals surface area contributed by atoms with Gasteiger partial charge in [0.15, 0.2) is 0 Å². The molecule has 2 N–H and O–H groups in total. The maximum Gasteiger partial charge on any atom is 0.424 e. The number of quaternary nitrogens is 1. The Hall–Kier alpha value is -1.92. The van der Waals surface area contributed by atoms with Crippen molar-refractivity contribution < 1.29 is 14.7 Å². The molecule has 32 heavy (non-hydrogen) atoms. The van der Waals surface area contributed by atoms with E-state index in [1.165, 1.54) is 29.7 Å². The van der Waals surface area contributed by atoms with Crippen molar-refractivity contribution in [3.63, 3.8) is 0 Å². The number of nitrogens with zero attached hydrogens (tertiary/aromatic N) is 2. The van der Waals surface area contributed by atoms with E-state index < -0.39 is 5.97 Å². The molecule has 1 atom stereocenters. The van der Waals surface area contributed by atoms with Crippen LogP contribution >= 0.6 is 0 Å². The van der Waals surface area contributed by atoms with E-state index in [1.54, 1.807) is 0 Å². The lowest BCUT2D eigenvalue weighted by Gasteiger charge is -2.35. The summed E-state index contributed by atoms with van der Waals surface area (Å²) in [7, 11) is 0. The van der Waals surface area contributed by atoms with Gasteiger partial charge in [-0.05, 0) is 94.0 Å². The number of carbonyl (C=O) groups excluding carboxylic acids is 1. The topological polar surface area (TPSA) is 69.6 Å². The SMILES string of the molecule is O=C(O)CCC1CCC(N2CC[N+](CC3CC3)(c3ccc4c(c3)CCNCC4)C2=O)CC1. The first-order chi connectivity index (χ1) is 15.5. The highest BCUT2D eigenvalue weighted by Crippen LogP contribution is 2.41. The molecule has 0 bridgehead atoms. The van der Waals surface area contributed by atoms with Crippen LogP contribution in [0.25, 0.3) is 0 Å². The van der Waals surface area contributed by atoms with Gasteiger partial charge in [0.2, 0.25) is 0 Å². The Morgan fingerprint density at radius 3 is 2.47 bits per heavy atom. The van der Waals surface area contributed by atoms with E-state index in [1.807, 2.05) is 0 Å². The number of aliphatic carboxylic acids is 1. The molecule has 6 heteroatoms. The predicted molar refractivity (Wildman–Crippen MR) is 126 cm³/mol. The fraction of sp³-hybridized carbons (Fsp3) is 0.692. The minimum Gasteiger partial charge on any atom is -0.481 e. The second kappa shape index (κ2) is 9.14. The summed E-state index contributed by atoms with van der Waals surface area (Å²) in [6.45, 7) is 4.76. The molecule has 6 nitrogen and oxygen atoms in total. The Bertz CT molecular complexity index is 860. The van der Waals surface area contributed by atoms with Crippen molar-refractivity contribution in [3.8, 4) is 0 Å². The maximum absolute atomic E-state index is 14.0. The zero-order valence-corrected chi connectivity index (χ0v) is 19.2. The van der Waals surface area contributed by atoms with Gasteiger partial charge in [0, 0.05) is 24.4 Å².